The highest BCUT2D eigenvalue weighted by atomic mass is 19.1. The number of carbonyl (C=O) groups excluding carboxylic acids is 1. The highest BCUT2D eigenvalue weighted by Crippen LogP contribution is 2.31. The summed E-state index contributed by atoms with van der Waals surface area (Å²) < 4.78 is 39.2. The molecule has 1 amide bonds. The van der Waals surface area contributed by atoms with Crippen LogP contribution in [-0.4, -0.2) is 71.1 Å². The standard InChI is InChI=1S/C31H29FN4O5/c1-38-14-15-39-23-12-13-36-26(17-33-29(36)16-23)25-11-10-22-8-5-9-27(30(22)34-25)41-28-19-35(18-24(28)32)31(37)40-20-21-6-3-2-4-7-21/h2-13,16-17,24,28H,14-15,18-20H2,1H3/t24-,28+/m0/s1. The van der Waals surface area contributed by atoms with E-state index >= 15 is 4.39 Å². The summed E-state index contributed by atoms with van der Waals surface area (Å²) in [5, 5.41) is 0.849. The molecule has 0 radical (unpaired) electrons. The van der Waals surface area contributed by atoms with E-state index in [-0.39, 0.29) is 19.7 Å². The van der Waals surface area contributed by atoms with Crippen LogP contribution in [0, 0.1) is 0 Å². The highest BCUT2D eigenvalue weighted by molar-refractivity contribution is 5.86. The lowest BCUT2D eigenvalue weighted by atomic mass is 10.1. The fraction of sp³-hybridized carbons (Fsp3) is 0.258. The zero-order valence-electron chi connectivity index (χ0n) is 22.5. The number of amides is 1. The Balaban J connectivity index is 1.19. The third kappa shape index (κ3) is 5.78. The summed E-state index contributed by atoms with van der Waals surface area (Å²) in [5.41, 5.74) is 3.65. The van der Waals surface area contributed by atoms with Crippen LogP contribution in [0.4, 0.5) is 9.18 Å². The number of imidazole rings is 1. The first-order chi connectivity index (χ1) is 20.1. The molecule has 41 heavy (non-hydrogen) atoms. The number of hydrogen-bond acceptors (Lipinski definition) is 7. The summed E-state index contributed by atoms with van der Waals surface area (Å²) in [6, 6.07) is 22.5. The number of benzene rings is 2. The van der Waals surface area contributed by atoms with Crippen molar-refractivity contribution >= 4 is 22.6 Å². The van der Waals surface area contributed by atoms with E-state index in [4.69, 9.17) is 23.9 Å². The van der Waals surface area contributed by atoms with E-state index in [2.05, 4.69) is 4.98 Å². The lowest BCUT2D eigenvalue weighted by Crippen LogP contribution is -2.31. The van der Waals surface area contributed by atoms with Crippen LogP contribution in [0.2, 0.25) is 0 Å². The van der Waals surface area contributed by atoms with Crippen molar-refractivity contribution in [2.24, 2.45) is 0 Å². The summed E-state index contributed by atoms with van der Waals surface area (Å²) in [5.74, 6) is 1.14. The Morgan fingerprint density at radius 2 is 1.90 bits per heavy atom. The van der Waals surface area contributed by atoms with Crippen LogP contribution in [0.25, 0.3) is 27.9 Å². The van der Waals surface area contributed by atoms with Crippen molar-refractivity contribution in [3.05, 3.63) is 90.8 Å². The summed E-state index contributed by atoms with van der Waals surface area (Å²) in [7, 11) is 1.63. The van der Waals surface area contributed by atoms with Crippen LogP contribution < -0.4 is 9.47 Å². The first-order valence-corrected chi connectivity index (χ1v) is 13.3. The molecule has 2 aromatic carbocycles. The molecule has 0 N–H and O–H groups in total. The van der Waals surface area contributed by atoms with Crippen LogP contribution in [0.15, 0.2) is 85.2 Å². The molecule has 10 heteroatoms. The van der Waals surface area contributed by atoms with Gasteiger partial charge in [0.2, 0.25) is 0 Å². The maximum Gasteiger partial charge on any atom is 0.410 e. The Morgan fingerprint density at radius 1 is 1.02 bits per heavy atom. The number of para-hydroxylation sites is 1. The van der Waals surface area contributed by atoms with Crippen molar-refractivity contribution in [3.63, 3.8) is 0 Å². The van der Waals surface area contributed by atoms with Gasteiger partial charge in [0.05, 0.1) is 37.3 Å². The summed E-state index contributed by atoms with van der Waals surface area (Å²) in [6.45, 7) is 1.05. The second-order valence-corrected chi connectivity index (χ2v) is 9.72. The molecule has 9 nitrogen and oxygen atoms in total. The lowest BCUT2D eigenvalue weighted by molar-refractivity contribution is 0.0992. The fourth-order valence-electron chi connectivity index (χ4n) is 4.81. The van der Waals surface area contributed by atoms with Crippen LogP contribution in [0.1, 0.15) is 5.56 Å². The Morgan fingerprint density at radius 3 is 2.76 bits per heavy atom. The molecule has 1 saturated heterocycles. The fourth-order valence-corrected chi connectivity index (χ4v) is 4.81. The van der Waals surface area contributed by atoms with Crippen LogP contribution in [0.3, 0.4) is 0 Å². The summed E-state index contributed by atoms with van der Waals surface area (Å²) in [4.78, 5) is 23.3. The number of pyridine rings is 2. The molecule has 210 valence electrons. The predicted molar refractivity (Wildman–Crippen MR) is 151 cm³/mol. The smallest absolute Gasteiger partial charge is 0.410 e. The van der Waals surface area contributed by atoms with Gasteiger partial charge in [-0.25, -0.2) is 19.2 Å². The zero-order chi connectivity index (χ0) is 28.2. The molecule has 0 saturated carbocycles. The number of aromatic nitrogens is 3. The van der Waals surface area contributed by atoms with E-state index in [9.17, 15) is 4.79 Å². The second-order valence-electron chi connectivity index (χ2n) is 9.72. The third-order valence-corrected chi connectivity index (χ3v) is 6.93. The van der Waals surface area contributed by atoms with E-state index in [1.807, 2.05) is 77.3 Å². The molecule has 6 rings (SSSR count). The highest BCUT2D eigenvalue weighted by Gasteiger charge is 2.38. The van der Waals surface area contributed by atoms with E-state index < -0.39 is 18.4 Å². The first kappa shape index (κ1) is 26.5. The number of carbonyl (C=O) groups is 1. The Labute approximate surface area is 236 Å². The van der Waals surface area contributed by atoms with E-state index in [1.54, 1.807) is 19.4 Å². The minimum absolute atomic E-state index is 0.0763. The van der Waals surface area contributed by atoms with Crippen LogP contribution in [-0.2, 0) is 16.1 Å². The van der Waals surface area contributed by atoms with Gasteiger partial charge in [-0.05, 0) is 23.8 Å². The van der Waals surface area contributed by atoms with Gasteiger partial charge in [-0.15, -0.1) is 0 Å². The van der Waals surface area contributed by atoms with E-state index in [1.165, 1.54) is 4.90 Å². The maximum atomic E-state index is 15.0. The molecule has 0 bridgehead atoms. The molecule has 3 aromatic heterocycles. The number of ether oxygens (including phenoxy) is 4. The minimum atomic E-state index is -1.36. The van der Waals surface area contributed by atoms with Crippen molar-refractivity contribution in [1.29, 1.82) is 0 Å². The van der Waals surface area contributed by atoms with Crippen molar-refractivity contribution in [3.8, 4) is 22.9 Å². The van der Waals surface area contributed by atoms with Gasteiger partial charge < -0.3 is 23.8 Å². The van der Waals surface area contributed by atoms with Crippen molar-refractivity contribution in [2.75, 3.05) is 33.4 Å². The van der Waals surface area contributed by atoms with Gasteiger partial charge in [0, 0.05) is 24.8 Å². The Hall–Kier alpha value is -4.70. The number of nitrogens with zero attached hydrogens (tertiary/aromatic N) is 4. The molecular weight excluding hydrogens is 527 g/mol. The average molecular weight is 557 g/mol. The molecule has 1 fully saturated rings. The molecule has 0 aliphatic carbocycles. The monoisotopic (exact) mass is 556 g/mol. The number of likely N-dealkylation sites (tertiary alicyclic amines) is 1. The van der Waals surface area contributed by atoms with Crippen LogP contribution in [0.5, 0.6) is 11.5 Å². The van der Waals surface area contributed by atoms with Crippen molar-refractivity contribution in [2.45, 2.75) is 18.9 Å². The van der Waals surface area contributed by atoms with E-state index in [0.717, 1.165) is 16.6 Å². The maximum absolute atomic E-state index is 15.0. The third-order valence-electron chi connectivity index (χ3n) is 6.93. The van der Waals surface area contributed by atoms with E-state index in [0.29, 0.717) is 41.6 Å². The lowest BCUT2D eigenvalue weighted by Gasteiger charge is -2.18. The van der Waals surface area contributed by atoms with Crippen LogP contribution >= 0.6 is 0 Å². The largest absolute Gasteiger partial charge is 0.491 e. The molecule has 2 atom stereocenters. The molecule has 0 unspecified atom stereocenters. The second kappa shape index (κ2) is 11.8. The summed E-state index contributed by atoms with van der Waals surface area (Å²) in [6.07, 6.45) is 0.853. The van der Waals surface area contributed by atoms with Gasteiger partial charge in [-0.3, -0.25) is 4.40 Å². The number of methoxy groups -OCH3 is 1. The van der Waals surface area contributed by atoms with Gasteiger partial charge in [0.25, 0.3) is 0 Å². The minimum Gasteiger partial charge on any atom is -0.491 e. The molecule has 5 aromatic rings. The number of fused-ring (bicyclic) bond motifs is 2. The number of hydrogen-bond donors (Lipinski definition) is 0. The molecule has 1 aliphatic rings. The summed E-state index contributed by atoms with van der Waals surface area (Å²) >= 11 is 0. The molecule has 0 spiro atoms. The van der Waals surface area contributed by atoms with Gasteiger partial charge in [0.1, 0.15) is 42.0 Å². The topological polar surface area (TPSA) is 87.4 Å². The SMILES string of the molecule is COCCOc1ccn2c(-c3ccc4cccc(O[C@@H]5CN(C(=O)OCc6ccccc6)C[C@@H]5F)c4n3)cnc2c1. The number of rotatable bonds is 9. The van der Waals surface area contributed by atoms with Gasteiger partial charge >= 0.3 is 6.09 Å². The first-order valence-electron chi connectivity index (χ1n) is 13.3. The van der Waals surface area contributed by atoms with Gasteiger partial charge in [-0.2, -0.15) is 0 Å². The average Bonchev–Trinajstić information content (AvgIpc) is 3.59. The number of halogens is 1. The van der Waals surface area contributed by atoms with Gasteiger partial charge in [-0.1, -0.05) is 48.5 Å². The quantitative estimate of drug-likeness (QED) is 0.227. The zero-order valence-corrected chi connectivity index (χ0v) is 22.5. The molecule has 1 aliphatic heterocycles. The predicted octanol–water partition coefficient (Wildman–Crippen LogP) is 5.31. The number of alkyl halides is 1. The molecule has 4 heterocycles. The van der Waals surface area contributed by atoms with Gasteiger partial charge in [0.15, 0.2) is 6.17 Å². The Bertz CT molecular complexity index is 1660. The molecular formula is C31H29FN4O5. The normalized spacial score (nSPS) is 16.8. The van der Waals surface area contributed by atoms with Crippen molar-refractivity contribution < 1.29 is 28.1 Å². The Kier molecular flexibility index (Phi) is 7.64. The van der Waals surface area contributed by atoms with Crippen molar-refractivity contribution in [1.82, 2.24) is 19.3 Å².